The van der Waals surface area contributed by atoms with Crippen LogP contribution >= 0.6 is 0 Å². The zero-order chi connectivity index (χ0) is 19.9. The topological polar surface area (TPSA) is 50.6 Å². The van der Waals surface area contributed by atoms with E-state index >= 15 is 0 Å². The van der Waals surface area contributed by atoms with Crippen molar-refractivity contribution in [2.75, 3.05) is 42.6 Å². The Balaban J connectivity index is 0.00000109. The highest BCUT2D eigenvalue weighted by Crippen LogP contribution is 2.27. The van der Waals surface area contributed by atoms with Crippen molar-refractivity contribution in [3.63, 3.8) is 0 Å². The summed E-state index contributed by atoms with van der Waals surface area (Å²) in [6.45, 7) is 7.89. The summed E-state index contributed by atoms with van der Waals surface area (Å²) < 4.78 is 7.11. The van der Waals surface area contributed by atoms with Gasteiger partial charge in [-0.15, -0.1) is 0 Å². The molecular formula is C22H32N4O2. The number of benzene rings is 1. The van der Waals surface area contributed by atoms with E-state index < -0.39 is 0 Å². The van der Waals surface area contributed by atoms with Crippen LogP contribution in [-0.4, -0.2) is 48.4 Å². The summed E-state index contributed by atoms with van der Waals surface area (Å²) in [5.41, 5.74) is 1.33. The van der Waals surface area contributed by atoms with Gasteiger partial charge in [0.1, 0.15) is 5.82 Å². The zero-order valence-electron chi connectivity index (χ0n) is 17.3. The lowest BCUT2D eigenvalue weighted by Gasteiger charge is -2.31. The van der Waals surface area contributed by atoms with Crippen LogP contribution in [-0.2, 0) is 18.2 Å². The first-order valence-corrected chi connectivity index (χ1v) is 10.4. The van der Waals surface area contributed by atoms with Crippen LogP contribution in [0.1, 0.15) is 32.3 Å². The minimum Gasteiger partial charge on any atom is -0.378 e. The molecule has 4 rings (SSSR count). The van der Waals surface area contributed by atoms with Crippen molar-refractivity contribution in [3.8, 4) is 0 Å². The third kappa shape index (κ3) is 4.55. The summed E-state index contributed by atoms with van der Waals surface area (Å²) in [5.74, 6) is 1.56. The number of ether oxygens (including phenoxy) is 1. The van der Waals surface area contributed by atoms with Gasteiger partial charge in [-0.1, -0.05) is 44.2 Å². The lowest BCUT2D eigenvalue weighted by Crippen LogP contribution is -2.40. The van der Waals surface area contributed by atoms with Crippen molar-refractivity contribution >= 4 is 11.8 Å². The summed E-state index contributed by atoms with van der Waals surface area (Å²) in [6.07, 6.45) is 3.25. The average Bonchev–Trinajstić information content (AvgIpc) is 3.20. The maximum Gasteiger partial charge on any atom is 0.256 e. The van der Waals surface area contributed by atoms with Crippen LogP contribution in [0.2, 0.25) is 0 Å². The Hall–Kier alpha value is -2.34. The standard InChI is InChI=1S/C20H26N4O2.C2H6/c1-22-19(25)15-18(23-10-12-26-13-11-23)21-20(22)24-9-5-8-17(24)14-16-6-3-2-4-7-16;1-2/h2-4,6-7,15,17H,5,8-14H2,1H3;1-2H3/t17-;/m1./s1. The highest BCUT2D eigenvalue weighted by Gasteiger charge is 2.28. The Kier molecular flexibility index (Phi) is 7.09. The molecule has 0 spiro atoms. The Morgan fingerprint density at radius 1 is 1.11 bits per heavy atom. The molecule has 2 aliphatic rings. The second-order valence-electron chi connectivity index (χ2n) is 7.09. The normalized spacial score (nSPS) is 19.3. The molecule has 0 bridgehead atoms. The molecular weight excluding hydrogens is 352 g/mol. The first kappa shape index (κ1) is 20.4. The molecule has 1 aromatic heterocycles. The highest BCUT2D eigenvalue weighted by molar-refractivity contribution is 5.46. The van der Waals surface area contributed by atoms with Gasteiger partial charge >= 0.3 is 0 Å². The number of hydrogen-bond donors (Lipinski definition) is 0. The van der Waals surface area contributed by atoms with Crippen LogP contribution < -0.4 is 15.4 Å². The van der Waals surface area contributed by atoms with Crippen LogP contribution in [0.3, 0.4) is 0 Å². The molecule has 2 saturated heterocycles. The molecule has 28 heavy (non-hydrogen) atoms. The van der Waals surface area contributed by atoms with Gasteiger partial charge < -0.3 is 14.5 Å². The van der Waals surface area contributed by atoms with Gasteiger partial charge in [-0.25, -0.2) is 0 Å². The van der Waals surface area contributed by atoms with Crippen LogP contribution in [0.4, 0.5) is 11.8 Å². The van der Waals surface area contributed by atoms with E-state index in [9.17, 15) is 4.79 Å². The molecule has 6 nitrogen and oxygen atoms in total. The maximum atomic E-state index is 12.6. The number of anilines is 2. The third-order valence-electron chi connectivity index (χ3n) is 5.38. The van der Waals surface area contributed by atoms with Crippen LogP contribution in [0.25, 0.3) is 0 Å². The average molecular weight is 385 g/mol. The molecule has 2 aliphatic heterocycles. The summed E-state index contributed by atoms with van der Waals surface area (Å²) in [6, 6.07) is 12.6. The van der Waals surface area contributed by atoms with Gasteiger partial charge in [0.15, 0.2) is 0 Å². The molecule has 3 heterocycles. The van der Waals surface area contributed by atoms with E-state index in [2.05, 4.69) is 34.1 Å². The zero-order valence-corrected chi connectivity index (χ0v) is 17.3. The van der Waals surface area contributed by atoms with Crippen molar-refractivity contribution in [2.24, 2.45) is 7.05 Å². The largest absolute Gasteiger partial charge is 0.378 e. The van der Waals surface area contributed by atoms with E-state index in [1.807, 2.05) is 27.0 Å². The first-order valence-electron chi connectivity index (χ1n) is 10.4. The fourth-order valence-corrected chi connectivity index (χ4v) is 3.92. The van der Waals surface area contributed by atoms with Crippen LogP contribution in [0.5, 0.6) is 0 Å². The van der Waals surface area contributed by atoms with E-state index in [4.69, 9.17) is 9.72 Å². The molecule has 0 amide bonds. The smallest absolute Gasteiger partial charge is 0.256 e. The molecule has 0 aliphatic carbocycles. The summed E-state index contributed by atoms with van der Waals surface area (Å²) in [7, 11) is 1.83. The molecule has 1 aromatic carbocycles. The second-order valence-corrected chi connectivity index (χ2v) is 7.09. The molecule has 1 atom stereocenters. The van der Waals surface area contributed by atoms with E-state index in [1.54, 1.807) is 10.6 Å². The highest BCUT2D eigenvalue weighted by atomic mass is 16.5. The van der Waals surface area contributed by atoms with Crippen molar-refractivity contribution < 1.29 is 4.74 Å². The Morgan fingerprint density at radius 3 is 2.54 bits per heavy atom. The minimum atomic E-state index is 0.00172. The SMILES string of the molecule is CC.Cn1c(N2CCC[C@@H]2Cc2ccccc2)nc(N2CCOCC2)cc1=O. The molecule has 2 aromatic rings. The van der Waals surface area contributed by atoms with Crippen LogP contribution in [0.15, 0.2) is 41.2 Å². The molecule has 2 fully saturated rings. The monoisotopic (exact) mass is 384 g/mol. The van der Waals surface area contributed by atoms with Gasteiger partial charge in [0, 0.05) is 38.8 Å². The van der Waals surface area contributed by atoms with Crippen molar-refractivity contribution in [3.05, 3.63) is 52.3 Å². The Labute approximate surface area is 167 Å². The number of morpholine rings is 1. The molecule has 0 radical (unpaired) electrons. The minimum absolute atomic E-state index is 0.00172. The van der Waals surface area contributed by atoms with Gasteiger partial charge in [-0.05, 0) is 24.8 Å². The molecule has 6 heteroatoms. The number of aromatic nitrogens is 2. The predicted molar refractivity (Wildman–Crippen MR) is 114 cm³/mol. The summed E-state index contributed by atoms with van der Waals surface area (Å²) in [5, 5.41) is 0. The van der Waals surface area contributed by atoms with Crippen molar-refractivity contribution in [1.29, 1.82) is 0 Å². The fraction of sp³-hybridized carbons (Fsp3) is 0.545. The van der Waals surface area contributed by atoms with Gasteiger partial charge in [0.2, 0.25) is 5.95 Å². The quantitative estimate of drug-likeness (QED) is 0.811. The second kappa shape index (κ2) is 9.73. The molecule has 0 saturated carbocycles. The van der Waals surface area contributed by atoms with E-state index in [0.717, 1.165) is 50.7 Å². The van der Waals surface area contributed by atoms with E-state index in [0.29, 0.717) is 19.3 Å². The Morgan fingerprint density at radius 2 is 1.82 bits per heavy atom. The summed E-state index contributed by atoms with van der Waals surface area (Å²) in [4.78, 5) is 21.9. The van der Waals surface area contributed by atoms with Crippen LogP contribution in [0, 0.1) is 0 Å². The lowest BCUT2D eigenvalue weighted by atomic mass is 10.0. The van der Waals surface area contributed by atoms with Gasteiger partial charge in [-0.3, -0.25) is 9.36 Å². The number of rotatable bonds is 4. The molecule has 0 unspecified atom stereocenters. The fourth-order valence-electron chi connectivity index (χ4n) is 3.92. The maximum absolute atomic E-state index is 12.6. The Bertz CT molecular complexity index is 800. The van der Waals surface area contributed by atoms with Gasteiger partial charge in [-0.2, -0.15) is 4.98 Å². The van der Waals surface area contributed by atoms with Gasteiger partial charge in [0.05, 0.1) is 13.2 Å². The van der Waals surface area contributed by atoms with E-state index in [-0.39, 0.29) is 5.56 Å². The number of nitrogens with zero attached hydrogens (tertiary/aromatic N) is 4. The van der Waals surface area contributed by atoms with Crippen molar-refractivity contribution in [2.45, 2.75) is 39.2 Å². The molecule has 152 valence electrons. The number of hydrogen-bond acceptors (Lipinski definition) is 5. The first-order chi connectivity index (χ1) is 13.7. The van der Waals surface area contributed by atoms with Crippen molar-refractivity contribution in [1.82, 2.24) is 9.55 Å². The lowest BCUT2D eigenvalue weighted by molar-refractivity contribution is 0.122. The predicted octanol–water partition coefficient (Wildman–Crippen LogP) is 2.85. The van der Waals surface area contributed by atoms with Gasteiger partial charge in [0.25, 0.3) is 5.56 Å². The van der Waals surface area contributed by atoms with E-state index in [1.165, 1.54) is 5.56 Å². The molecule has 0 N–H and O–H groups in total. The third-order valence-corrected chi connectivity index (χ3v) is 5.38. The summed E-state index contributed by atoms with van der Waals surface area (Å²) >= 11 is 0.